The number of piperazine rings is 1. The zero-order chi connectivity index (χ0) is 15.2. The van der Waals surface area contributed by atoms with Crippen LogP contribution in [0.4, 0.5) is 0 Å². The molecule has 108 valence electrons. The van der Waals surface area contributed by atoms with Gasteiger partial charge in [0.1, 0.15) is 11.6 Å². The van der Waals surface area contributed by atoms with Crippen molar-refractivity contribution in [3.05, 3.63) is 41.5 Å². The van der Waals surface area contributed by atoms with E-state index in [0.717, 1.165) is 5.56 Å². The number of benzene rings is 1. The van der Waals surface area contributed by atoms with Crippen LogP contribution < -0.4 is 0 Å². The Morgan fingerprint density at radius 1 is 1.10 bits per heavy atom. The van der Waals surface area contributed by atoms with Crippen molar-refractivity contribution in [3.8, 4) is 6.07 Å². The summed E-state index contributed by atoms with van der Waals surface area (Å²) in [4.78, 5) is 26.9. The molecule has 0 saturated carbocycles. The molecule has 0 bridgehead atoms. The highest BCUT2D eigenvalue weighted by Gasteiger charge is 2.24. The number of carbonyl (C=O) groups excluding carboxylic acids is 2. The van der Waals surface area contributed by atoms with Gasteiger partial charge in [-0.1, -0.05) is 30.3 Å². The third-order valence-electron chi connectivity index (χ3n) is 3.47. The molecular weight excluding hydrogens is 266 g/mol. The highest BCUT2D eigenvalue weighted by Crippen LogP contribution is 2.11. The summed E-state index contributed by atoms with van der Waals surface area (Å²) >= 11 is 0. The van der Waals surface area contributed by atoms with E-state index in [0.29, 0.717) is 26.2 Å². The lowest BCUT2D eigenvalue weighted by Gasteiger charge is -2.34. The van der Waals surface area contributed by atoms with Gasteiger partial charge in [0.05, 0.1) is 0 Å². The van der Waals surface area contributed by atoms with E-state index in [2.05, 4.69) is 0 Å². The lowest BCUT2D eigenvalue weighted by molar-refractivity contribution is -0.135. The Morgan fingerprint density at radius 3 is 2.19 bits per heavy atom. The fraction of sp³-hybridized carbons (Fsp3) is 0.312. The topological polar surface area (TPSA) is 64.4 Å². The van der Waals surface area contributed by atoms with Crippen LogP contribution >= 0.6 is 0 Å². The molecule has 0 spiro atoms. The summed E-state index contributed by atoms with van der Waals surface area (Å²) in [5.74, 6) is -0.257. The zero-order valence-corrected chi connectivity index (χ0v) is 12.0. The van der Waals surface area contributed by atoms with Gasteiger partial charge in [0.2, 0.25) is 5.91 Å². The Balaban J connectivity index is 2.07. The molecule has 0 aromatic heterocycles. The molecule has 1 aromatic rings. The summed E-state index contributed by atoms with van der Waals surface area (Å²) in [5.41, 5.74) is 0.947. The molecule has 5 heteroatoms. The van der Waals surface area contributed by atoms with Crippen LogP contribution in [-0.4, -0.2) is 47.8 Å². The molecule has 2 rings (SSSR count). The molecule has 1 fully saturated rings. The third kappa shape index (κ3) is 3.69. The summed E-state index contributed by atoms with van der Waals surface area (Å²) in [6.45, 7) is 3.49. The second-order valence-corrected chi connectivity index (χ2v) is 4.88. The van der Waals surface area contributed by atoms with Crippen molar-refractivity contribution >= 4 is 17.9 Å². The highest BCUT2D eigenvalue weighted by atomic mass is 16.2. The monoisotopic (exact) mass is 283 g/mol. The predicted molar refractivity (Wildman–Crippen MR) is 78.9 cm³/mol. The second kappa shape index (κ2) is 6.71. The highest BCUT2D eigenvalue weighted by molar-refractivity contribution is 6.01. The van der Waals surface area contributed by atoms with E-state index in [1.165, 1.54) is 6.92 Å². The molecule has 1 saturated heterocycles. The van der Waals surface area contributed by atoms with E-state index in [-0.39, 0.29) is 17.4 Å². The average Bonchev–Trinajstić information content (AvgIpc) is 2.53. The van der Waals surface area contributed by atoms with Crippen molar-refractivity contribution < 1.29 is 9.59 Å². The van der Waals surface area contributed by atoms with Gasteiger partial charge in [-0.05, 0) is 11.6 Å². The summed E-state index contributed by atoms with van der Waals surface area (Å²) in [6, 6.07) is 11.3. The van der Waals surface area contributed by atoms with Crippen molar-refractivity contribution in [1.29, 1.82) is 5.26 Å². The van der Waals surface area contributed by atoms with Gasteiger partial charge in [0.25, 0.3) is 5.91 Å². The first kappa shape index (κ1) is 14.8. The van der Waals surface area contributed by atoms with E-state index in [1.807, 2.05) is 36.4 Å². The minimum absolute atomic E-state index is 0.0161. The number of hydrogen-bond donors (Lipinski definition) is 0. The largest absolute Gasteiger partial charge is 0.339 e. The molecule has 21 heavy (non-hydrogen) atoms. The predicted octanol–water partition coefficient (Wildman–Crippen LogP) is 1.28. The molecule has 1 heterocycles. The molecule has 0 unspecified atom stereocenters. The van der Waals surface area contributed by atoms with E-state index in [4.69, 9.17) is 0 Å². The van der Waals surface area contributed by atoms with Crippen molar-refractivity contribution in [2.24, 2.45) is 0 Å². The lowest BCUT2D eigenvalue weighted by Crippen LogP contribution is -2.50. The fourth-order valence-corrected chi connectivity index (χ4v) is 2.25. The minimum atomic E-state index is -0.274. The maximum atomic E-state index is 12.3. The van der Waals surface area contributed by atoms with Gasteiger partial charge >= 0.3 is 0 Å². The number of carbonyl (C=O) groups is 2. The SMILES string of the molecule is CC(=O)N1CCN(C(=O)/C(C#N)=C/c2ccccc2)CC1. The molecule has 2 amide bonds. The number of nitriles is 1. The van der Waals surface area contributed by atoms with E-state index in [1.54, 1.807) is 15.9 Å². The van der Waals surface area contributed by atoms with Gasteiger partial charge in [-0.15, -0.1) is 0 Å². The van der Waals surface area contributed by atoms with Crippen LogP contribution in [0.15, 0.2) is 35.9 Å². The third-order valence-corrected chi connectivity index (χ3v) is 3.47. The first-order valence-electron chi connectivity index (χ1n) is 6.83. The maximum Gasteiger partial charge on any atom is 0.264 e. The molecule has 0 aliphatic carbocycles. The second-order valence-electron chi connectivity index (χ2n) is 4.88. The Morgan fingerprint density at radius 2 is 1.67 bits per heavy atom. The van der Waals surface area contributed by atoms with Gasteiger partial charge in [-0.3, -0.25) is 9.59 Å². The van der Waals surface area contributed by atoms with Crippen LogP contribution in [0.2, 0.25) is 0 Å². The van der Waals surface area contributed by atoms with Crippen LogP contribution in [-0.2, 0) is 9.59 Å². The summed E-state index contributed by atoms with van der Waals surface area (Å²) < 4.78 is 0. The molecule has 5 nitrogen and oxygen atoms in total. The summed E-state index contributed by atoms with van der Waals surface area (Å²) in [5, 5.41) is 9.20. The van der Waals surface area contributed by atoms with E-state index >= 15 is 0 Å². The molecule has 0 radical (unpaired) electrons. The van der Waals surface area contributed by atoms with Crippen LogP contribution in [0, 0.1) is 11.3 Å². The number of nitrogens with zero attached hydrogens (tertiary/aromatic N) is 3. The van der Waals surface area contributed by atoms with Crippen LogP contribution in [0.3, 0.4) is 0 Å². The zero-order valence-electron chi connectivity index (χ0n) is 12.0. The first-order valence-corrected chi connectivity index (χ1v) is 6.83. The average molecular weight is 283 g/mol. The van der Waals surface area contributed by atoms with Gasteiger partial charge in [0, 0.05) is 33.1 Å². The Kier molecular flexibility index (Phi) is 4.72. The van der Waals surface area contributed by atoms with Crippen LogP contribution in [0.1, 0.15) is 12.5 Å². The molecule has 1 aromatic carbocycles. The van der Waals surface area contributed by atoms with E-state index < -0.39 is 0 Å². The maximum absolute atomic E-state index is 12.3. The molecule has 1 aliphatic heterocycles. The number of hydrogen-bond acceptors (Lipinski definition) is 3. The molecule has 0 N–H and O–H groups in total. The number of rotatable bonds is 2. The smallest absolute Gasteiger partial charge is 0.264 e. The van der Waals surface area contributed by atoms with Gasteiger partial charge in [-0.25, -0.2) is 0 Å². The quantitative estimate of drug-likeness (QED) is 0.607. The van der Waals surface area contributed by atoms with Gasteiger partial charge in [0.15, 0.2) is 0 Å². The van der Waals surface area contributed by atoms with Crippen molar-refractivity contribution in [2.45, 2.75) is 6.92 Å². The number of amides is 2. The first-order chi connectivity index (χ1) is 10.1. The molecule has 0 atom stereocenters. The minimum Gasteiger partial charge on any atom is -0.339 e. The van der Waals surface area contributed by atoms with Crippen LogP contribution in [0.25, 0.3) is 6.08 Å². The van der Waals surface area contributed by atoms with Crippen molar-refractivity contribution in [1.82, 2.24) is 9.80 Å². The van der Waals surface area contributed by atoms with Gasteiger partial charge < -0.3 is 9.80 Å². The Hall–Kier alpha value is -2.61. The Labute approximate surface area is 124 Å². The summed E-state index contributed by atoms with van der Waals surface area (Å²) in [7, 11) is 0. The molecule has 1 aliphatic rings. The normalized spacial score (nSPS) is 15.5. The molecular formula is C16H17N3O2. The van der Waals surface area contributed by atoms with E-state index in [9.17, 15) is 14.9 Å². The van der Waals surface area contributed by atoms with Crippen LogP contribution in [0.5, 0.6) is 0 Å². The Bertz CT molecular complexity index is 594. The van der Waals surface area contributed by atoms with Crippen molar-refractivity contribution in [2.75, 3.05) is 26.2 Å². The van der Waals surface area contributed by atoms with Gasteiger partial charge in [-0.2, -0.15) is 5.26 Å². The van der Waals surface area contributed by atoms with Crippen molar-refractivity contribution in [3.63, 3.8) is 0 Å². The lowest BCUT2D eigenvalue weighted by atomic mass is 10.1. The standard InChI is InChI=1S/C16H17N3O2/c1-13(20)18-7-9-19(10-8-18)16(21)15(12-17)11-14-5-3-2-4-6-14/h2-6,11H,7-10H2,1H3/b15-11+. The fourth-order valence-electron chi connectivity index (χ4n) is 2.25. The summed E-state index contributed by atoms with van der Waals surface area (Å²) in [6.07, 6.45) is 1.60.